The Bertz CT molecular complexity index is 712. The standard InChI is InChI=1S/C21H27ClN2O2S/c1-20(2,16-22)19(26)23-12-10-21(11-13-23)24(14-15-27-21)18(25)9-8-17-6-4-3-5-7-17/h3-9H,10-16H2,1-2H3/b9-8+. The lowest BCUT2D eigenvalue weighted by Crippen LogP contribution is -2.55. The molecule has 0 unspecified atom stereocenters. The van der Waals surface area contributed by atoms with Gasteiger partial charge in [-0.25, -0.2) is 0 Å². The van der Waals surface area contributed by atoms with Gasteiger partial charge in [0.25, 0.3) is 0 Å². The fourth-order valence-corrected chi connectivity index (χ4v) is 5.28. The molecule has 1 aromatic rings. The highest BCUT2D eigenvalue weighted by atomic mass is 35.5. The summed E-state index contributed by atoms with van der Waals surface area (Å²) in [7, 11) is 0. The predicted molar refractivity (Wildman–Crippen MR) is 113 cm³/mol. The first-order chi connectivity index (χ1) is 12.9. The lowest BCUT2D eigenvalue weighted by atomic mass is 9.92. The second kappa shape index (κ2) is 8.27. The number of benzene rings is 1. The number of alkyl halides is 1. The zero-order chi connectivity index (χ0) is 19.5. The minimum absolute atomic E-state index is 0.0599. The Morgan fingerprint density at radius 3 is 2.48 bits per heavy atom. The molecule has 2 saturated heterocycles. The van der Waals surface area contributed by atoms with Gasteiger partial charge in [0.05, 0.1) is 10.3 Å². The van der Waals surface area contributed by atoms with Crippen molar-refractivity contribution in [2.24, 2.45) is 5.41 Å². The molecule has 27 heavy (non-hydrogen) atoms. The molecule has 0 radical (unpaired) electrons. The Kier molecular flexibility index (Phi) is 6.21. The zero-order valence-corrected chi connectivity index (χ0v) is 17.6. The van der Waals surface area contributed by atoms with Crippen molar-refractivity contribution < 1.29 is 9.59 Å². The van der Waals surface area contributed by atoms with E-state index in [0.29, 0.717) is 19.0 Å². The number of hydrogen-bond donors (Lipinski definition) is 0. The topological polar surface area (TPSA) is 40.6 Å². The summed E-state index contributed by atoms with van der Waals surface area (Å²) in [6.45, 7) is 5.91. The van der Waals surface area contributed by atoms with Crippen molar-refractivity contribution in [3.8, 4) is 0 Å². The molecule has 0 atom stereocenters. The van der Waals surface area contributed by atoms with E-state index in [4.69, 9.17) is 11.6 Å². The Morgan fingerprint density at radius 2 is 1.85 bits per heavy atom. The van der Waals surface area contributed by atoms with E-state index in [1.165, 1.54) is 0 Å². The third kappa shape index (κ3) is 4.35. The molecule has 0 bridgehead atoms. The molecule has 0 N–H and O–H groups in total. The van der Waals surface area contributed by atoms with Crippen LogP contribution in [0.25, 0.3) is 6.08 Å². The maximum atomic E-state index is 12.8. The quantitative estimate of drug-likeness (QED) is 0.563. The van der Waals surface area contributed by atoms with Crippen molar-refractivity contribution in [1.29, 1.82) is 0 Å². The smallest absolute Gasteiger partial charge is 0.247 e. The van der Waals surface area contributed by atoms with E-state index >= 15 is 0 Å². The highest BCUT2D eigenvalue weighted by Crippen LogP contribution is 2.44. The van der Waals surface area contributed by atoms with Crippen LogP contribution in [0, 0.1) is 5.41 Å². The van der Waals surface area contributed by atoms with Gasteiger partial charge >= 0.3 is 0 Å². The number of thioether (sulfide) groups is 1. The molecule has 0 aromatic heterocycles. The van der Waals surface area contributed by atoms with Crippen molar-refractivity contribution in [3.05, 3.63) is 42.0 Å². The van der Waals surface area contributed by atoms with E-state index in [2.05, 4.69) is 0 Å². The van der Waals surface area contributed by atoms with E-state index < -0.39 is 5.41 Å². The van der Waals surface area contributed by atoms with E-state index in [9.17, 15) is 9.59 Å². The van der Waals surface area contributed by atoms with Crippen LogP contribution < -0.4 is 0 Å². The Morgan fingerprint density at radius 1 is 1.19 bits per heavy atom. The van der Waals surface area contributed by atoms with Gasteiger partial charge in [-0.15, -0.1) is 23.4 Å². The number of rotatable bonds is 4. The monoisotopic (exact) mass is 406 g/mol. The first kappa shape index (κ1) is 20.3. The van der Waals surface area contributed by atoms with Crippen LogP contribution in [0.1, 0.15) is 32.3 Å². The summed E-state index contributed by atoms with van der Waals surface area (Å²) in [5.41, 5.74) is 0.485. The van der Waals surface area contributed by atoms with Crippen LogP contribution in [-0.2, 0) is 9.59 Å². The van der Waals surface area contributed by atoms with Crippen LogP contribution in [0.2, 0.25) is 0 Å². The van der Waals surface area contributed by atoms with E-state index in [-0.39, 0.29) is 16.7 Å². The second-order valence-electron chi connectivity index (χ2n) is 7.84. The van der Waals surface area contributed by atoms with E-state index in [1.54, 1.807) is 6.08 Å². The maximum absolute atomic E-state index is 12.8. The minimum Gasteiger partial charge on any atom is -0.342 e. The summed E-state index contributed by atoms with van der Waals surface area (Å²) in [5, 5.41) is 0. The number of carbonyl (C=O) groups excluding carboxylic acids is 2. The minimum atomic E-state index is -0.539. The summed E-state index contributed by atoms with van der Waals surface area (Å²) < 4.78 is 0. The molecule has 146 valence electrons. The first-order valence-corrected chi connectivity index (χ1v) is 10.9. The van der Waals surface area contributed by atoms with Gasteiger partial charge < -0.3 is 9.80 Å². The summed E-state index contributed by atoms with van der Waals surface area (Å²) in [6.07, 6.45) is 5.18. The average Bonchev–Trinajstić information content (AvgIpc) is 3.10. The van der Waals surface area contributed by atoms with Gasteiger partial charge in [0.15, 0.2) is 0 Å². The van der Waals surface area contributed by atoms with Crippen LogP contribution in [-0.4, -0.2) is 57.8 Å². The van der Waals surface area contributed by atoms with E-state index in [1.807, 2.05) is 71.8 Å². The Balaban J connectivity index is 1.65. The first-order valence-electron chi connectivity index (χ1n) is 9.42. The van der Waals surface area contributed by atoms with Crippen LogP contribution in [0.4, 0.5) is 0 Å². The van der Waals surface area contributed by atoms with Crippen molar-refractivity contribution in [2.75, 3.05) is 31.3 Å². The largest absolute Gasteiger partial charge is 0.342 e. The van der Waals surface area contributed by atoms with Crippen molar-refractivity contribution in [2.45, 2.75) is 31.6 Å². The molecule has 2 fully saturated rings. The molecule has 0 saturated carbocycles. The van der Waals surface area contributed by atoms with Crippen LogP contribution >= 0.6 is 23.4 Å². The molecule has 1 aromatic carbocycles. The molecule has 4 nitrogen and oxygen atoms in total. The molecule has 2 heterocycles. The molecule has 6 heteroatoms. The highest BCUT2D eigenvalue weighted by Gasteiger charge is 2.47. The van der Waals surface area contributed by atoms with Gasteiger partial charge in [-0.3, -0.25) is 9.59 Å². The van der Waals surface area contributed by atoms with Gasteiger partial charge in [-0.2, -0.15) is 0 Å². The molecular formula is C21H27ClN2O2S. The van der Waals surface area contributed by atoms with Gasteiger partial charge in [-0.05, 0) is 38.3 Å². The zero-order valence-electron chi connectivity index (χ0n) is 16.0. The van der Waals surface area contributed by atoms with Gasteiger partial charge in [0.2, 0.25) is 11.8 Å². The average molecular weight is 407 g/mol. The number of hydrogen-bond acceptors (Lipinski definition) is 3. The van der Waals surface area contributed by atoms with Crippen molar-refractivity contribution in [1.82, 2.24) is 9.80 Å². The van der Waals surface area contributed by atoms with Gasteiger partial charge in [-0.1, -0.05) is 30.3 Å². The SMILES string of the molecule is CC(C)(CCl)C(=O)N1CCC2(CC1)SCCN2C(=O)/C=C/c1ccccc1. The van der Waals surface area contributed by atoms with Crippen LogP contribution in [0.15, 0.2) is 36.4 Å². The third-order valence-electron chi connectivity index (χ3n) is 5.41. The summed E-state index contributed by atoms with van der Waals surface area (Å²) in [6, 6.07) is 9.87. The molecule has 2 aliphatic heterocycles. The van der Waals surface area contributed by atoms with E-state index in [0.717, 1.165) is 30.7 Å². The second-order valence-corrected chi connectivity index (χ2v) is 9.56. The molecular weight excluding hydrogens is 380 g/mol. The summed E-state index contributed by atoms with van der Waals surface area (Å²) in [4.78, 5) is 29.2. The van der Waals surface area contributed by atoms with Crippen LogP contribution in [0.5, 0.6) is 0 Å². The number of carbonyl (C=O) groups is 2. The number of halogens is 1. The number of piperidine rings is 1. The van der Waals surface area contributed by atoms with Crippen molar-refractivity contribution in [3.63, 3.8) is 0 Å². The van der Waals surface area contributed by atoms with Crippen LogP contribution in [0.3, 0.4) is 0 Å². The number of likely N-dealkylation sites (tertiary alicyclic amines) is 1. The highest BCUT2D eigenvalue weighted by molar-refractivity contribution is 8.00. The molecule has 0 aliphatic carbocycles. The number of amides is 2. The Labute approximate surface area is 170 Å². The van der Waals surface area contributed by atoms with Gasteiger partial charge in [0.1, 0.15) is 0 Å². The lowest BCUT2D eigenvalue weighted by Gasteiger charge is -2.45. The molecule has 2 aliphatic rings. The lowest BCUT2D eigenvalue weighted by molar-refractivity contribution is -0.141. The maximum Gasteiger partial charge on any atom is 0.247 e. The molecule has 3 rings (SSSR count). The summed E-state index contributed by atoms with van der Waals surface area (Å²) >= 11 is 7.82. The fourth-order valence-electron chi connectivity index (χ4n) is 3.70. The molecule has 2 amide bonds. The third-order valence-corrected chi connectivity index (χ3v) is 7.63. The Hall–Kier alpha value is -1.46. The number of nitrogens with zero attached hydrogens (tertiary/aromatic N) is 2. The normalized spacial score (nSPS) is 19.8. The summed E-state index contributed by atoms with van der Waals surface area (Å²) in [5.74, 6) is 1.44. The molecule has 1 spiro atoms. The fraction of sp³-hybridized carbons (Fsp3) is 0.524. The predicted octanol–water partition coefficient (Wildman–Crippen LogP) is 3.86. The van der Waals surface area contributed by atoms with Crippen molar-refractivity contribution >= 4 is 41.3 Å². The van der Waals surface area contributed by atoms with Gasteiger partial charge in [0, 0.05) is 37.3 Å².